The van der Waals surface area contributed by atoms with E-state index in [1.54, 1.807) is 0 Å². The first-order chi connectivity index (χ1) is 7.98. The van der Waals surface area contributed by atoms with Gasteiger partial charge in [0.25, 0.3) is 0 Å². The first-order valence-electron chi connectivity index (χ1n) is 5.46. The molecule has 0 heterocycles. The first-order valence-corrected chi connectivity index (χ1v) is 6.26. The van der Waals surface area contributed by atoms with E-state index in [1.807, 2.05) is 56.3 Å². The van der Waals surface area contributed by atoms with E-state index < -0.39 is 4.32 Å². The lowest BCUT2D eigenvalue weighted by atomic mass is 10.1. The summed E-state index contributed by atoms with van der Waals surface area (Å²) in [6, 6.07) is 13.9. The van der Waals surface area contributed by atoms with Crippen molar-refractivity contribution in [3.63, 3.8) is 0 Å². The summed E-state index contributed by atoms with van der Waals surface area (Å²) < 4.78 is -0.566. The van der Waals surface area contributed by atoms with Crippen LogP contribution in [-0.4, -0.2) is 10.2 Å². The second kappa shape index (κ2) is 4.49. The fourth-order valence-corrected chi connectivity index (χ4v) is 1.70. The largest absolute Gasteiger partial charge is 0.324 e. The summed E-state index contributed by atoms with van der Waals surface area (Å²) in [6.07, 6.45) is 0. The monoisotopic (exact) mass is 291 g/mol. The molecular formula is C14H14BrNO. The van der Waals surface area contributed by atoms with Gasteiger partial charge < -0.3 is 5.32 Å². The zero-order valence-electron chi connectivity index (χ0n) is 9.83. The minimum absolute atomic E-state index is 0.0474. The predicted molar refractivity (Wildman–Crippen MR) is 75.6 cm³/mol. The number of fused-ring (bicyclic) bond motifs is 1. The number of anilines is 1. The van der Waals surface area contributed by atoms with Gasteiger partial charge in [0.2, 0.25) is 5.91 Å². The molecule has 2 nitrogen and oxygen atoms in total. The van der Waals surface area contributed by atoms with Gasteiger partial charge in [-0.25, -0.2) is 0 Å². The van der Waals surface area contributed by atoms with E-state index in [4.69, 9.17) is 0 Å². The number of benzene rings is 2. The number of hydrogen-bond acceptors (Lipinski definition) is 1. The number of hydrogen-bond donors (Lipinski definition) is 1. The van der Waals surface area contributed by atoms with E-state index in [2.05, 4.69) is 21.2 Å². The van der Waals surface area contributed by atoms with Crippen LogP contribution in [0.4, 0.5) is 5.69 Å². The summed E-state index contributed by atoms with van der Waals surface area (Å²) in [4.78, 5) is 11.9. The first kappa shape index (κ1) is 12.1. The average Bonchev–Trinajstić information content (AvgIpc) is 2.28. The molecule has 0 aliphatic rings. The quantitative estimate of drug-likeness (QED) is 0.834. The third kappa shape index (κ3) is 2.67. The SMILES string of the molecule is CC(C)(Br)C(=O)Nc1cccc2ccccc12. The Kier molecular flexibility index (Phi) is 3.20. The fraction of sp³-hybridized carbons (Fsp3) is 0.214. The maximum absolute atomic E-state index is 11.9. The van der Waals surface area contributed by atoms with Crippen LogP contribution < -0.4 is 5.32 Å². The number of amides is 1. The van der Waals surface area contributed by atoms with Gasteiger partial charge >= 0.3 is 0 Å². The van der Waals surface area contributed by atoms with Crippen molar-refractivity contribution in [2.24, 2.45) is 0 Å². The summed E-state index contributed by atoms with van der Waals surface area (Å²) in [5.74, 6) is -0.0474. The third-order valence-electron chi connectivity index (χ3n) is 2.58. The van der Waals surface area contributed by atoms with Crippen LogP contribution in [0.3, 0.4) is 0 Å². The Hall–Kier alpha value is -1.35. The van der Waals surface area contributed by atoms with Crippen LogP contribution in [0.1, 0.15) is 13.8 Å². The highest BCUT2D eigenvalue weighted by atomic mass is 79.9. The van der Waals surface area contributed by atoms with E-state index >= 15 is 0 Å². The molecule has 0 radical (unpaired) electrons. The van der Waals surface area contributed by atoms with Crippen molar-refractivity contribution in [3.05, 3.63) is 42.5 Å². The van der Waals surface area contributed by atoms with Gasteiger partial charge in [0.15, 0.2) is 0 Å². The van der Waals surface area contributed by atoms with Gasteiger partial charge in [-0.1, -0.05) is 52.3 Å². The summed E-state index contributed by atoms with van der Waals surface area (Å²) in [5.41, 5.74) is 0.848. The van der Waals surface area contributed by atoms with Crippen molar-refractivity contribution in [2.45, 2.75) is 18.2 Å². The van der Waals surface area contributed by atoms with Crippen LogP contribution in [0.2, 0.25) is 0 Å². The number of carbonyl (C=O) groups is 1. The molecule has 2 rings (SSSR count). The second-order valence-electron chi connectivity index (χ2n) is 4.45. The highest BCUT2D eigenvalue weighted by Crippen LogP contribution is 2.25. The Balaban J connectivity index is 2.40. The van der Waals surface area contributed by atoms with Gasteiger partial charge in [-0.3, -0.25) is 4.79 Å². The Bertz CT molecular complexity index is 552. The molecule has 0 spiro atoms. The Morgan fingerprint density at radius 1 is 1.12 bits per heavy atom. The van der Waals surface area contributed by atoms with E-state index in [-0.39, 0.29) is 5.91 Å². The van der Waals surface area contributed by atoms with Gasteiger partial charge in [0, 0.05) is 11.1 Å². The summed E-state index contributed by atoms with van der Waals surface area (Å²) >= 11 is 3.35. The van der Waals surface area contributed by atoms with E-state index in [9.17, 15) is 4.79 Å². The van der Waals surface area contributed by atoms with Crippen LogP contribution in [0.5, 0.6) is 0 Å². The molecule has 0 aliphatic carbocycles. The molecule has 0 saturated carbocycles. The molecule has 0 bridgehead atoms. The number of nitrogens with one attached hydrogen (secondary N) is 1. The lowest BCUT2D eigenvalue weighted by Gasteiger charge is -2.16. The molecule has 0 aliphatic heterocycles. The Labute approximate surface area is 109 Å². The maximum atomic E-state index is 11.9. The summed E-state index contributed by atoms with van der Waals surface area (Å²) in [7, 11) is 0. The average molecular weight is 292 g/mol. The molecule has 2 aromatic carbocycles. The predicted octanol–water partition coefficient (Wildman–Crippen LogP) is 3.95. The second-order valence-corrected chi connectivity index (χ2v) is 6.44. The Morgan fingerprint density at radius 2 is 1.76 bits per heavy atom. The van der Waals surface area contributed by atoms with Crippen molar-refractivity contribution in [1.82, 2.24) is 0 Å². The molecule has 0 fully saturated rings. The molecule has 3 heteroatoms. The van der Waals surface area contributed by atoms with Crippen molar-refractivity contribution in [3.8, 4) is 0 Å². The molecule has 2 aromatic rings. The molecular weight excluding hydrogens is 278 g/mol. The number of halogens is 1. The third-order valence-corrected chi connectivity index (χ3v) is 2.94. The smallest absolute Gasteiger partial charge is 0.240 e. The summed E-state index contributed by atoms with van der Waals surface area (Å²) in [5, 5.41) is 5.12. The van der Waals surface area contributed by atoms with Crippen LogP contribution in [0.15, 0.2) is 42.5 Å². The molecule has 17 heavy (non-hydrogen) atoms. The number of alkyl halides is 1. The zero-order valence-corrected chi connectivity index (χ0v) is 11.4. The normalized spacial score (nSPS) is 11.5. The molecule has 0 unspecified atom stereocenters. The minimum Gasteiger partial charge on any atom is -0.324 e. The molecule has 1 amide bonds. The minimum atomic E-state index is -0.566. The fourth-order valence-electron chi connectivity index (χ4n) is 1.61. The standard InChI is InChI=1S/C14H14BrNO/c1-14(2,15)13(17)16-12-9-5-7-10-6-3-4-8-11(10)12/h3-9H,1-2H3,(H,16,17). The Morgan fingerprint density at radius 3 is 2.47 bits per heavy atom. The van der Waals surface area contributed by atoms with E-state index in [0.29, 0.717) is 0 Å². The van der Waals surface area contributed by atoms with Crippen LogP contribution in [0.25, 0.3) is 10.8 Å². The van der Waals surface area contributed by atoms with Gasteiger partial charge in [-0.15, -0.1) is 0 Å². The van der Waals surface area contributed by atoms with Gasteiger partial charge in [0.05, 0.1) is 4.32 Å². The topological polar surface area (TPSA) is 29.1 Å². The van der Waals surface area contributed by atoms with E-state index in [1.165, 1.54) is 0 Å². The zero-order chi connectivity index (χ0) is 12.5. The van der Waals surface area contributed by atoms with Crippen molar-refractivity contribution in [1.29, 1.82) is 0 Å². The molecule has 0 saturated heterocycles. The van der Waals surface area contributed by atoms with Crippen LogP contribution in [0, 0.1) is 0 Å². The molecule has 0 aromatic heterocycles. The van der Waals surface area contributed by atoms with Crippen molar-refractivity contribution in [2.75, 3.05) is 5.32 Å². The number of rotatable bonds is 2. The molecule has 88 valence electrons. The molecule has 0 atom stereocenters. The highest BCUT2D eigenvalue weighted by Gasteiger charge is 2.23. The summed E-state index contributed by atoms with van der Waals surface area (Å²) in [6.45, 7) is 3.65. The lowest BCUT2D eigenvalue weighted by Crippen LogP contribution is -2.31. The maximum Gasteiger partial charge on any atom is 0.240 e. The number of carbonyl (C=O) groups excluding carboxylic acids is 1. The van der Waals surface area contributed by atoms with Gasteiger partial charge in [0.1, 0.15) is 0 Å². The van der Waals surface area contributed by atoms with E-state index in [0.717, 1.165) is 16.5 Å². The molecule has 1 N–H and O–H groups in total. The van der Waals surface area contributed by atoms with Crippen LogP contribution in [-0.2, 0) is 4.79 Å². The van der Waals surface area contributed by atoms with Gasteiger partial charge in [-0.2, -0.15) is 0 Å². The lowest BCUT2D eigenvalue weighted by molar-refractivity contribution is -0.117. The van der Waals surface area contributed by atoms with Crippen molar-refractivity contribution < 1.29 is 4.79 Å². The van der Waals surface area contributed by atoms with Gasteiger partial charge in [-0.05, 0) is 25.3 Å². The van der Waals surface area contributed by atoms with Crippen LogP contribution >= 0.6 is 15.9 Å². The van der Waals surface area contributed by atoms with Crippen molar-refractivity contribution >= 4 is 38.3 Å². The highest BCUT2D eigenvalue weighted by molar-refractivity contribution is 9.10.